The van der Waals surface area contributed by atoms with Gasteiger partial charge >= 0.3 is 0 Å². The summed E-state index contributed by atoms with van der Waals surface area (Å²) in [7, 11) is 1.51. The lowest BCUT2D eigenvalue weighted by atomic mass is 10.1. The number of methoxy groups -OCH3 is 1. The van der Waals surface area contributed by atoms with Crippen LogP contribution in [0.2, 0.25) is 5.02 Å². The maximum absolute atomic E-state index is 15.0. The molecule has 174 valence electrons. The third kappa shape index (κ3) is 5.07. The van der Waals surface area contributed by atoms with Crippen LogP contribution in [0.3, 0.4) is 0 Å². The molecule has 3 aromatic rings. The monoisotopic (exact) mass is 490 g/mol. The van der Waals surface area contributed by atoms with Crippen molar-refractivity contribution in [2.45, 2.75) is 19.9 Å². The van der Waals surface area contributed by atoms with E-state index in [1.807, 2.05) is 29.6 Å². The largest absolute Gasteiger partial charge is 0.495 e. The molecule has 0 radical (unpaired) electrons. The number of rotatable bonds is 6. The Labute approximate surface area is 201 Å². The number of hydrogen-bond acceptors (Lipinski definition) is 7. The third-order valence-electron chi connectivity index (χ3n) is 5.21. The predicted octanol–water partition coefficient (Wildman–Crippen LogP) is 4.47. The first kappa shape index (κ1) is 23.3. The van der Waals surface area contributed by atoms with E-state index in [4.69, 9.17) is 33.3 Å². The van der Waals surface area contributed by atoms with Crippen molar-refractivity contribution in [3.63, 3.8) is 0 Å². The lowest BCUT2D eigenvalue weighted by Crippen LogP contribution is -2.40. The van der Waals surface area contributed by atoms with Gasteiger partial charge in [-0.3, -0.25) is 4.68 Å². The molecule has 8 nitrogen and oxygen atoms in total. The van der Waals surface area contributed by atoms with E-state index in [-0.39, 0.29) is 12.0 Å². The molecular formula is C22H24ClFN6O2S. The maximum atomic E-state index is 15.0. The van der Waals surface area contributed by atoms with Gasteiger partial charge in [-0.1, -0.05) is 23.8 Å². The molecule has 0 saturated carbocycles. The van der Waals surface area contributed by atoms with Gasteiger partial charge in [-0.15, -0.1) is 0 Å². The summed E-state index contributed by atoms with van der Waals surface area (Å²) >= 11 is 11.9. The fourth-order valence-electron chi connectivity index (χ4n) is 3.41. The van der Waals surface area contributed by atoms with Crippen molar-refractivity contribution in [1.29, 1.82) is 0 Å². The van der Waals surface area contributed by atoms with Gasteiger partial charge in [0.2, 0.25) is 5.95 Å². The number of benzene rings is 1. The van der Waals surface area contributed by atoms with Crippen molar-refractivity contribution in [2.75, 3.05) is 38.7 Å². The van der Waals surface area contributed by atoms with Gasteiger partial charge in [0.1, 0.15) is 16.6 Å². The number of halogens is 2. The highest BCUT2D eigenvalue weighted by Gasteiger charge is 2.21. The summed E-state index contributed by atoms with van der Waals surface area (Å²) < 4.78 is 27.7. The molecule has 0 atom stereocenters. The van der Waals surface area contributed by atoms with Crippen LogP contribution in [-0.2, 0) is 4.74 Å². The zero-order valence-corrected chi connectivity index (χ0v) is 20.1. The van der Waals surface area contributed by atoms with Crippen LogP contribution in [0.25, 0.3) is 11.3 Å². The maximum Gasteiger partial charge on any atom is 0.227 e. The summed E-state index contributed by atoms with van der Waals surface area (Å²) in [4.78, 5) is 11.1. The second-order valence-corrected chi connectivity index (χ2v) is 8.55. The van der Waals surface area contributed by atoms with E-state index < -0.39 is 5.82 Å². The van der Waals surface area contributed by atoms with Crippen LogP contribution in [-0.4, -0.2) is 63.0 Å². The summed E-state index contributed by atoms with van der Waals surface area (Å²) in [6, 6.07) is 3.11. The molecule has 0 bridgehead atoms. The van der Waals surface area contributed by atoms with Crippen LogP contribution in [0.1, 0.15) is 25.5 Å². The van der Waals surface area contributed by atoms with Gasteiger partial charge in [0.05, 0.1) is 49.1 Å². The lowest BCUT2D eigenvalue weighted by molar-refractivity contribution is 0.0692. The van der Waals surface area contributed by atoms with Gasteiger partial charge in [-0.25, -0.2) is 14.4 Å². The summed E-state index contributed by atoms with van der Waals surface area (Å²) in [5, 5.41) is 7.74. The molecule has 11 heteroatoms. The fourth-order valence-corrected chi connectivity index (χ4v) is 3.95. The van der Waals surface area contributed by atoms with Crippen molar-refractivity contribution in [3.8, 4) is 17.0 Å². The first-order valence-corrected chi connectivity index (χ1v) is 11.2. The van der Waals surface area contributed by atoms with E-state index in [9.17, 15) is 0 Å². The molecule has 1 saturated heterocycles. The van der Waals surface area contributed by atoms with E-state index in [1.165, 1.54) is 19.4 Å². The molecule has 4 rings (SSSR count). The molecule has 2 aromatic heterocycles. The van der Waals surface area contributed by atoms with E-state index in [0.717, 1.165) is 5.56 Å². The first-order chi connectivity index (χ1) is 15.9. The second-order valence-electron chi connectivity index (χ2n) is 7.75. The highest BCUT2D eigenvalue weighted by Crippen LogP contribution is 2.32. The van der Waals surface area contributed by atoms with Crippen LogP contribution in [0.15, 0.2) is 30.7 Å². The van der Waals surface area contributed by atoms with E-state index >= 15 is 4.39 Å². The molecular weight excluding hydrogens is 467 g/mol. The molecule has 0 spiro atoms. The van der Waals surface area contributed by atoms with Crippen molar-refractivity contribution in [2.24, 2.45) is 0 Å². The smallest absolute Gasteiger partial charge is 0.227 e. The van der Waals surface area contributed by atoms with Gasteiger partial charge in [0.15, 0.2) is 0 Å². The van der Waals surface area contributed by atoms with Crippen molar-refractivity contribution >= 4 is 40.4 Å². The molecule has 3 heterocycles. The lowest BCUT2D eigenvalue weighted by Gasteiger charge is -2.29. The number of nitrogens with zero attached hydrogens (tertiary/aromatic N) is 5. The Hall–Kier alpha value is -2.82. The van der Waals surface area contributed by atoms with E-state index in [0.29, 0.717) is 59.0 Å². The minimum Gasteiger partial charge on any atom is -0.495 e. The second kappa shape index (κ2) is 9.98. The number of morpholine rings is 1. The Morgan fingerprint density at radius 3 is 2.70 bits per heavy atom. The third-order valence-corrected chi connectivity index (χ3v) is 5.97. The molecule has 1 aromatic carbocycles. The van der Waals surface area contributed by atoms with Gasteiger partial charge in [0, 0.05) is 42.5 Å². The summed E-state index contributed by atoms with van der Waals surface area (Å²) in [6.07, 6.45) is 5.05. The number of nitrogens with one attached hydrogen (secondary N) is 1. The Morgan fingerprint density at radius 2 is 2.03 bits per heavy atom. The van der Waals surface area contributed by atoms with Gasteiger partial charge in [0.25, 0.3) is 0 Å². The molecule has 0 unspecified atom stereocenters. The van der Waals surface area contributed by atoms with E-state index in [1.54, 1.807) is 12.3 Å². The van der Waals surface area contributed by atoms with Crippen LogP contribution >= 0.6 is 23.8 Å². The van der Waals surface area contributed by atoms with Crippen molar-refractivity contribution < 1.29 is 13.9 Å². The normalized spacial score (nSPS) is 13.9. The average molecular weight is 491 g/mol. The van der Waals surface area contributed by atoms with Gasteiger partial charge in [-0.2, -0.15) is 5.10 Å². The van der Waals surface area contributed by atoms with Crippen LogP contribution < -0.4 is 10.1 Å². The van der Waals surface area contributed by atoms with Crippen LogP contribution in [0.4, 0.5) is 16.0 Å². The molecule has 1 fully saturated rings. The number of anilines is 2. The first-order valence-electron chi connectivity index (χ1n) is 10.5. The molecule has 0 aliphatic carbocycles. The average Bonchev–Trinajstić information content (AvgIpc) is 3.31. The zero-order valence-electron chi connectivity index (χ0n) is 18.5. The highest BCUT2D eigenvalue weighted by atomic mass is 35.5. The number of ether oxygens (including phenoxy) is 2. The van der Waals surface area contributed by atoms with Crippen LogP contribution in [0.5, 0.6) is 5.75 Å². The topological polar surface area (TPSA) is 77.3 Å². The molecule has 1 N–H and O–H groups in total. The fraction of sp³-hybridized carbons (Fsp3) is 0.364. The molecule has 1 aliphatic rings. The van der Waals surface area contributed by atoms with E-state index in [2.05, 4.69) is 20.4 Å². The van der Waals surface area contributed by atoms with Crippen LogP contribution in [0, 0.1) is 5.82 Å². The quantitative estimate of drug-likeness (QED) is 0.507. The Morgan fingerprint density at radius 1 is 1.27 bits per heavy atom. The Kier molecular flexibility index (Phi) is 7.06. The number of aromatic nitrogens is 4. The molecule has 33 heavy (non-hydrogen) atoms. The molecule has 1 aliphatic heterocycles. The predicted molar refractivity (Wildman–Crippen MR) is 129 cm³/mol. The highest BCUT2D eigenvalue weighted by molar-refractivity contribution is 7.80. The SMILES string of the molecule is COc1cc(C(=S)N2CCOCC2)c(F)cc1Nc1ncc(Cl)c(-c2cnn(C(C)C)c2)n1. The number of thiocarbonyl (C=S) groups is 1. The molecule has 0 amide bonds. The van der Waals surface area contributed by atoms with Crippen molar-refractivity contribution in [1.82, 2.24) is 24.6 Å². The Bertz CT molecular complexity index is 1170. The Balaban J connectivity index is 1.62. The summed E-state index contributed by atoms with van der Waals surface area (Å²) in [5.41, 5.74) is 1.94. The number of hydrogen-bond donors (Lipinski definition) is 1. The zero-order chi connectivity index (χ0) is 23.5. The summed E-state index contributed by atoms with van der Waals surface area (Å²) in [6.45, 7) is 6.42. The minimum absolute atomic E-state index is 0.200. The van der Waals surface area contributed by atoms with Gasteiger partial charge < -0.3 is 19.7 Å². The minimum atomic E-state index is -0.470. The summed E-state index contributed by atoms with van der Waals surface area (Å²) in [5.74, 6) is 0.185. The van der Waals surface area contributed by atoms with Crippen molar-refractivity contribution in [3.05, 3.63) is 47.1 Å². The van der Waals surface area contributed by atoms with Gasteiger partial charge in [-0.05, 0) is 19.9 Å². The standard InChI is InChI=1S/C22H24ClFN6O2S/c1-13(2)30-12-14(10-26-30)20-16(23)11-25-22(28-20)27-18-9-17(24)15(8-19(18)31-3)21(33)29-4-6-32-7-5-29/h8-13H,4-7H2,1-3H3,(H,25,27,28).